The van der Waals surface area contributed by atoms with Gasteiger partial charge < -0.3 is 9.47 Å². The lowest BCUT2D eigenvalue weighted by Gasteiger charge is -2.27. The Kier molecular flexibility index (Phi) is 10.1. The standard InChI is InChI=1S/C24H43NO4/c1-5-6-7-11-17-28-18-15-20-19(21-13-14-22(20)29-21)12-9-8-10-16-24(2,3)23(26)25(4)27/h8-9,19-22,27H,5-7,10-18H2,1-4H3/t19-,20+,21-,22+/m0/s1. The number of rotatable bonds is 14. The molecule has 1 amide bonds. The zero-order valence-corrected chi connectivity index (χ0v) is 19.1. The van der Waals surface area contributed by atoms with E-state index in [1.165, 1.54) is 45.6 Å². The molecule has 2 rings (SSSR count). The molecule has 2 aliphatic rings. The van der Waals surface area contributed by atoms with Crippen LogP contribution in [0.25, 0.3) is 0 Å². The number of nitrogens with zero attached hydrogens (tertiary/aromatic N) is 1. The number of carbonyl (C=O) groups is 1. The zero-order valence-electron chi connectivity index (χ0n) is 19.1. The highest BCUT2D eigenvalue weighted by Gasteiger charge is 2.47. The fraction of sp³-hybridized carbons (Fsp3) is 0.875. The number of amides is 1. The first-order valence-corrected chi connectivity index (χ1v) is 11.7. The number of unbranched alkanes of at least 4 members (excludes halogenated alkanes) is 3. The summed E-state index contributed by atoms with van der Waals surface area (Å²) in [5.41, 5.74) is -0.541. The SMILES string of the molecule is CCCCCCOCC[C@@H]1[C@H](CC=CCCC(C)(C)C(=O)N(C)O)[C@@H]2CC[C@H]1O2. The Balaban J connectivity index is 1.69. The van der Waals surface area contributed by atoms with E-state index in [4.69, 9.17) is 9.47 Å². The minimum atomic E-state index is -0.541. The third-order valence-corrected chi connectivity index (χ3v) is 6.71. The maximum absolute atomic E-state index is 12.0. The molecule has 0 aliphatic carbocycles. The molecule has 0 spiro atoms. The van der Waals surface area contributed by atoms with Crippen molar-refractivity contribution < 1.29 is 19.5 Å². The van der Waals surface area contributed by atoms with Crippen molar-refractivity contribution in [1.29, 1.82) is 0 Å². The largest absolute Gasteiger partial charge is 0.381 e. The van der Waals surface area contributed by atoms with Crippen LogP contribution in [0.2, 0.25) is 0 Å². The molecule has 0 aromatic rings. The fourth-order valence-corrected chi connectivity index (χ4v) is 4.91. The van der Waals surface area contributed by atoms with E-state index in [9.17, 15) is 10.0 Å². The second kappa shape index (κ2) is 12.1. The van der Waals surface area contributed by atoms with E-state index in [0.29, 0.717) is 29.1 Å². The maximum atomic E-state index is 12.0. The van der Waals surface area contributed by atoms with Crippen LogP contribution in [-0.4, -0.2) is 48.6 Å². The molecule has 2 aliphatic heterocycles. The molecule has 5 heteroatoms. The normalized spacial score (nSPS) is 26.5. The van der Waals surface area contributed by atoms with Crippen molar-refractivity contribution in [3.05, 3.63) is 12.2 Å². The Morgan fingerprint density at radius 1 is 1.14 bits per heavy atom. The molecule has 2 saturated heterocycles. The Bertz CT molecular complexity index is 517. The van der Waals surface area contributed by atoms with Crippen LogP contribution in [0.1, 0.15) is 85.0 Å². The summed E-state index contributed by atoms with van der Waals surface area (Å²) in [6.45, 7) is 7.76. The summed E-state index contributed by atoms with van der Waals surface area (Å²) in [6, 6.07) is 0. The summed E-state index contributed by atoms with van der Waals surface area (Å²) < 4.78 is 12.1. The molecule has 4 atom stereocenters. The highest BCUT2D eigenvalue weighted by atomic mass is 16.5. The van der Waals surface area contributed by atoms with Crippen molar-refractivity contribution in [1.82, 2.24) is 5.06 Å². The van der Waals surface area contributed by atoms with Crippen LogP contribution < -0.4 is 0 Å². The molecule has 29 heavy (non-hydrogen) atoms. The Morgan fingerprint density at radius 2 is 1.86 bits per heavy atom. The molecule has 0 aromatic carbocycles. The molecule has 2 fully saturated rings. The van der Waals surface area contributed by atoms with Crippen molar-refractivity contribution in [2.24, 2.45) is 17.3 Å². The monoisotopic (exact) mass is 409 g/mol. The molecule has 5 nitrogen and oxygen atoms in total. The van der Waals surface area contributed by atoms with Crippen LogP contribution >= 0.6 is 0 Å². The van der Waals surface area contributed by atoms with Gasteiger partial charge in [-0.2, -0.15) is 0 Å². The number of ether oxygens (including phenoxy) is 2. The van der Waals surface area contributed by atoms with Gasteiger partial charge in [-0.05, 0) is 56.8 Å². The molecule has 0 aromatic heterocycles. The summed E-state index contributed by atoms with van der Waals surface area (Å²) in [7, 11) is 1.39. The first-order valence-electron chi connectivity index (χ1n) is 11.7. The average molecular weight is 410 g/mol. The van der Waals surface area contributed by atoms with Crippen LogP contribution in [0.5, 0.6) is 0 Å². The van der Waals surface area contributed by atoms with E-state index in [-0.39, 0.29) is 5.91 Å². The van der Waals surface area contributed by atoms with Crippen LogP contribution in [0.3, 0.4) is 0 Å². The minimum absolute atomic E-state index is 0.234. The number of fused-ring (bicyclic) bond motifs is 2. The first-order chi connectivity index (χ1) is 13.9. The Labute approximate surface area is 177 Å². The third-order valence-electron chi connectivity index (χ3n) is 6.71. The first kappa shape index (κ1) is 24.4. The van der Waals surface area contributed by atoms with E-state index < -0.39 is 5.41 Å². The highest BCUT2D eigenvalue weighted by Crippen LogP contribution is 2.46. The van der Waals surface area contributed by atoms with E-state index in [2.05, 4.69) is 19.1 Å². The average Bonchev–Trinajstić information content (AvgIpc) is 3.28. The van der Waals surface area contributed by atoms with Crippen LogP contribution in [0.4, 0.5) is 0 Å². The molecular formula is C24H43NO4. The van der Waals surface area contributed by atoms with Gasteiger partial charge in [-0.25, -0.2) is 5.06 Å². The highest BCUT2D eigenvalue weighted by molar-refractivity contribution is 5.80. The van der Waals surface area contributed by atoms with Crippen LogP contribution in [0, 0.1) is 17.3 Å². The summed E-state index contributed by atoms with van der Waals surface area (Å²) in [5.74, 6) is 0.990. The lowest BCUT2D eigenvalue weighted by molar-refractivity contribution is -0.169. The van der Waals surface area contributed by atoms with Crippen LogP contribution in [-0.2, 0) is 14.3 Å². The quantitative estimate of drug-likeness (QED) is 0.181. The minimum Gasteiger partial charge on any atom is -0.381 e. The maximum Gasteiger partial charge on any atom is 0.251 e. The van der Waals surface area contributed by atoms with Gasteiger partial charge in [-0.3, -0.25) is 10.0 Å². The third kappa shape index (κ3) is 7.37. The summed E-state index contributed by atoms with van der Waals surface area (Å²) in [5, 5.41) is 10.1. The predicted molar refractivity (Wildman–Crippen MR) is 116 cm³/mol. The number of carbonyl (C=O) groups excluding carboxylic acids is 1. The predicted octanol–water partition coefficient (Wildman–Crippen LogP) is 5.37. The van der Waals surface area contributed by atoms with Gasteiger partial charge in [0.25, 0.3) is 5.91 Å². The van der Waals surface area contributed by atoms with Gasteiger partial charge in [0, 0.05) is 25.7 Å². The van der Waals surface area contributed by atoms with Crippen molar-refractivity contribution in [2.75, 3.05) is 20.3 Å². The summed E-state index contributed by atoms with van der Waals surface area (Å²) in [6.07, 6.45) is 16.5. The Morgan fingerprint density at radius 3 is 2.55 bits per heavy atom. The van der Waals surface area contributed by atoms with E-state index in [1.54, 1.807) is 0 Å². The van der Waals surface area contributed by atoms with Gasteiger partial charge >= 0.3 is 0 Å². The molecule has 168 valence electrons. The van der Waals surface area contributed by atoms with Gasteiger partial charge in [0.2, 0.25) is 0 Å². The van der Waals surface area contributed by atoms with Gasteiger partial charge in [0.1, 0.15) is 0 Å². The van der Waals surface area contributed by atoms with E-state index in [0.717, 1.165) is 38.9 Å². The summed E-state index contributed by atoms with van der Waals surface area (Å²) >= 11 is 0. The van der Waals surface area contributed by atoms with Crippen molar-refractivity contribution in [2.45, 2.75) is 97.2 Å². The van der Waals surface area contributed by atoms with Crippen LogP contribution in [0.15, 0.2) is 12.2 Å². The van der Waals surface area contributed by atoms with Gasteiger partial charge in [0.05, 0.1) is 12.2 Å². The molecule has 1 N–H and O–H groups in total. The number of hydrogen-bond acceptors (Lipinski definition) is 4. The molecule has 0 radical (unpaired) electrons. The number of hydrogen-bond donors (Lipinski definition) is 1. The van der Waals surface area contributed by atoms with Crippen molar-refractivity contribution >= 4 is 5.91 Å². The van der Waals surface area contributed by atoms with Crippen molar-refractivity contribution in [3.8, 4) is 0 Å². The molecule has 2 heterocycles. The lowest BCUT2D eigenvalue weighted by Crippen LogP contribution is -2.36. The Hall–Kier alpha value is -0.910. The van der Waals surface area contributed by atoms with Gasteiger partial charge in [-0.1, -0.05) is 52.2 Å². The fourth-order valence-electron chi connectivity index (χ4n) is 4.91. The van der Waals surface area contributed by atoms with Crippen molar-refractivity contribution in [3.63, 3.8) is 0 Å². The number of allylic oxidation sites excluding steroid dienone is 2. The van der Waals surface area contributed by atoms with Gasteiger partial charge in [-0.15, -0.1) is 0 Å². The van der Waals surface area contributed by atoms with E-state index >= 15 is 0 Å². The molecule has 2 bridgehead atoms. The topological polar surface area (TPSA) is 59.0 Å². The molecule has 0 unspecified atom stereocenters. The number of hydroxylamine groups is 2. The van der Waals surface area contributed by atoms with Gasteiger partial charge in [0.15, 0.2) is 0 Å². The zero-order chi connectivity index (χ0) is 21.3. The van der Waals surface area contributed by atoms with E-state index in [1.807, 2.05) is 13.8 Å². The smallest absolute Gasteiger partial charge is 0.251 e. The summed E-state index contributed by atoms with van der Waals surface area (Å²) in [4.78, 5) is 12.0. The second-order valence-corrected chi connectivity index (χ2v) is 9.54. The molecule has 0 saturated carbocycles. The molecular weight excluding hydrogens is 366 g/mol. The lowest BCUT2D eigenvalue weighted by atomic mass is 9.76. The second-order valence-electron chi connectivity index (χ2n) is 9.54.